The lowest BCUT2D eigenvalue weighted by molar-refractivity contribution is -0.0541. The molecule has 2 aromatic heterocycles. The molecule has 1 aliphatic carbocycles. The summed E-state index contributed by atoms with van der Waals surface area (Å²) in [5, 5.41) is 1.04. The summed E-state index contributed by atoms with van der Waals surface area (Å²) >= 11 is 0. The number of nitrogens with zero attached hydrogens (tertiary/aromatic N) is 5. The minimum atomic E-state index is -2.48. The highest BCUT2D eigenvalue weighted by molar-refractivity contribution is 5.89. The maximum atomic E-state index is 13.6. The number of imidazole rings is 1. The Balaban J connectivity index is 1.22. The van der Waals surface area contributed by atoms with Gasteiger partial charge < -0.3 is 9.47 Å². The predicted molar refractivity (Wildman–Crippen MR) is 140 cm³/mol. The Kier molecular flexibility index (Phi) is 6.15. The lowest BCUT2D eigenvalue weighted by Gasteiger charge is -2.42. The molecule has 0 amide bonds. The summed E-state index contributed by atoms with van der Waals surface area (Å²) in [6.45, 7) is 3.47. The van der Waals surface area contributed by atoms with E-state index in [9.17, 15) is 13.2 Å². The molecule has 0 atom stereocenters. The van der Waals surface area contributed by atoms with Gasteiger partial charge in [0.25, 0.3) is 0 Å². The Hall–Kier alpha value is -3.39. The van der Waals surface area contributed by atoms with Gasteiger partial charge in [-0.1, -0.05) is 6.07 Å². The Morgan fingerprint density at radius 3 is 2.30 bits per heavy atom. The van der Waals surface area contributed by atoms with Gasteiger partial charge >= 0.3 is 0 Å². The fourth-order valence-corrected chi connectivity index (χ4v) is 5.77. The van der Waals surface area contributed by atoms with Crippen molar-refractivity contribution in [2.24, 2.45) is 7.05 Å². The summed E-state index contributed by atoms with van der Waals surface area (Å²) in [6.07, 6.45) is 4.89. The molecule has 4 aromatic rings. The van der Waals surface area contributed by atoms with Gasteiger partial charge in [-0.2, -0.15) is 0 Å². The van der Waals surface area contributed by atoms with Crippen molar-refractivity contribution in [2.45, 2.75) is 37.6 Å². The van der Waals surface area contributed by atoms with Crippen LogP contribution in [0.3, 0.4) is 0 Å². The van der Waals surface area contributed by atoms with Crippen LogP contribution in [0.2, 0.25) is 0 Å². The van der Waals surface area contributed by atoms with E-state index in [4.69, 9.17) is 4.98 Å². The minimum Gasteiger partial charge on any atom is -0.368 e. The summed E-state index contributed by atoms with van der Waals surface area (Å²) in [4.78, 5) is 14.0. The molecule has 192 valence electrons. The van der Waals surface area contributed by atoms with E-state index in [2.05, 4.69) is 26.9 Å². The molecule has 5 nitrogen and oxygen atoms in total. The van der Waals surface area contributed by atoms with Crippen LogP contribution in [-0.2, 0) is 7.05 Å². The zero-order valence-electron chi connectivity index (χ0n) is 20.9. The minimum absolute atomic E-state index is 0.00828. The molecule has 1 saturated carbocycles. The van der Waals surface area contributed by atoms with Gasteiger partial charge in [-0.15, -0.1) is 0 Å². The Bertz CT molecular complexity index is 1400. The molecule has 6 rings (SSSR count). The quantitative estimate of drug-likeness (QED) is 0.334. The first-order valence-corrected chi connectivity index (χ1v) is 12.9. The van der Waals surface area contributed by atoms with Crippen molar-refractivity contribution >= 4 is 16.6 Å². The van der Waals surface area contributed by atoms with E-state index in [-0.39, 0.29) is 24.7 Å². The molecule has 0 radical (unpaired) electrons. The fraction of sp³-hybridized carbons (Fsp3) is 0.379. The molecular formula is C29H30F3N5. The third kappa shape index (κ3) is 4.82. The molecule has 1 saturated heterocycles. The van der Waals surface area contributed by atoms with Crippen molar-refractivity contribution in [1.29, 1.82) is 0 Å². The van der Waals surface area contributed by atoms with Gasteiger partial charge in [0, 0.05) is 68.6 Å². The molecule has 0 unspecified atom stereocenters. The Labute approximate surface area is 214 Å². The molecule has 3 heterocycles. The molecule has 0 bridgehead atoms. The normalized spacial score (nSPS) is 19.0. The van der Waals surface area contributed by atoms with Gasteiger partial charge in [0.1, 0.15) is 5.82 Å². The average molecular weight is 506 g/mol. The van der Waals surface area contributed by atoms with Crippen molar-refractivity contribution in [1.82, 2.24) is 19.4 Å². The van der Waals surface area contributed by atoms with E-state index in [1.807, 2.05) is 29.9 Å². The molecule has 1 aliphatic heterocycles. The summed E-state index contributed by atoms with van der Waals surface area (Å²) in [5.41, 5.74) is 5.64. The standard InChI is InChI=1S/C29H30F3N5/c1-35-19-34-27(20-2-5-23(30)6-3-20)28(35)21-4-7-26-22(16-21)17-25(18-33-26)37-14-12-36(13-15-37)24-8-10-29(31,32)11-9-24/h2-7,16-19,24H,8-15H2,1H3. The molecule has 2 aromatic carbocycles. The Morgan fingerprint density at radius 1 is 0.865 bits per heavy atom. The highest BCUT2D eigenvalue weighted by Crippen LogP contribution is 2.36. The fourth-order valence-electron chi connectivity index (χ4n) is 5.77. The van der Waals surface area contributed by atoms with E-state index in [1.165, 1.54) is 12.1 Å². The van der Waals surface area contributed by atoms with Crippen LogP contribution in [0.15, 0.2) is 61.1 Å². The van der Waals surface area contributed by atoms with Gasteiger partial charge in [0.15, 0.2) is 0 Å². The summed E-state index contributed by atoms with van der Waals surface area (Å²) in [6, 6.07) is 15.1. The van der Waals surface area contributed by atoms with Crippen LogP contribution in [0.5, 0.6) is 0 Å². The molecule has 8 heteroatoms. The van der Waals surface area contributed by atoms with Crippen LogP contribution in [0.4, 0.5) is 18.9 Å². The zero-order chi connectivity index (χ0) is 25.6. The number of rotatable bonds is 4. The monoisotopic (exact) mass is 505 g/mol. The topological polar surface area (TPSA) is 37.2 Å². The molecule has 0 N–H and O–H groups in total. The maximum Gasteiger partial charge on any atom is 0.248 e. The van der Waals surface area contributed by atoms with Crippen molar-refractivity contribution < 1.29 is 13.2 Å². The van der Waals surface area contributed by atoms with Gasteiger partial charge in [-0.05, 0) is 55.3 Å². The predicted octanol–water partition coefficient (Wildman–Crippen LogP) is 6.14. The highest BCUT2D eigenvalue weighted by atomic mass is 19.3. The summed E-state index contributed by atoms with van der Waals surface area (Å²) in [5.74, 6) is -2.75. The van der Waals surface area contributed by atoms with Gasteiger partial charge in [-0.3, -0.25) is 9.88 Å². The van der Waals surface area contributed by atoms with Crippen molar-refractivity contribution in [3.8, 4) is 22.5 Å². The Morgan fingerprint density at radius 2 is 1.57 bits per heavy atom. The van der Waals surface area contributed by atoms with Crippen LogP contribution >= 0.6 is 0 Å². The number of fused-ring (bicyclic) bond motifs is 1. The second kappa shape index (κ2) is 9.49. The van der Waals surface area contributed by atoms with E-state index >= 15 is 0 Å². The molecule has 2 aliphatic rings. The van der Waals surface area contributed by atoms with Gasteiger partial charge in [0.2, 0.25) is 5.92 Å². The first-order chi connectivity index (χ1) is 17.9. The van der Waals surface area contributed by atoms with Crippen LogP contribution in [0, 0.1) is 5.82 Å². The number of hydrogen-bond acceptors (Lipinski definition) is 4. The van der Waals surface area contributed by atoms with Crippen LogP contribution in [0.1, 0.15) is 25.7 Å². The maximum absolute atomic E-state index is 13.6. The molecular weight excluding hydrogens is 475 g/mol. The largest absolute Gasteiger partial charge is 0.368 e. The number of piperazine rings is 1. The highest BCUT2D eigenvalue weighted by Gasteiger charge is 2.37. The van der Waals surface area contributed by atoms with Crippen molar-refractivity contribution in [3.05, 3.63) is 66.9 Å². The van der Waals surface area contributed by atoms with E-state index in [0.29, 0.717) is 12.8 Å². The summed E-state index contributed by atoms with van der Waals surface area (Å²) < 4.78 is 42.6. The third-order valence-corrected chi connectivity index (χ3v) is 7.88. The number of aryl methyl sites for hydroxylation is 1. The number of anilines is 1. The third-order valence-electron chi connectivity index (χ3n) is 7.88. The van der Waals surface area contributed by atoms with Crippen LogP contribution < -0.4 is 4.90 Å². The first kappa shape index (κ1) is 24.0. The van der Waals surface area contributed by atoms with Gasteiger partial charge in [-0.25, -0.2) is 18.2 Å². The smallest absolute Gasteiger partial charge is 0.248 e. The van der Waals surface area contributed by atoms with E-state index < -0.39 is 5.92 Å². The average Bonchev–Trinajstić information content (AvgIpc) is 3.30. The van der Waals surface area contributed by atoms with Crippen LogP contribution in [0.25, 0.3) is 33.4 Å². The number of benzene rings is 2. The molecule has 37 heavy (non-hydrogen) atoms. The van der Waals surface area contributed by atoms with E-state index in [0.717, 1.165) is 65.3 Å². The number of hydrogen-bond donors (Lipinski definition) is 0. The summed E-state index contributed by atoms with van der Waals surface area (Å²) in [7, 11) is 1.96. The second-order valence-corrected chi connectivity index (χ2v) is 10.3. The molecule has 2 fully saturated rings. The zero-order valence-corrected chi connectivity index (χ0v) is 20.9. The van der Waals surface area contributed by atoms with E-state index in [1.54, 1.807) is 18.5 Å². The number of halogens is 3. The number of pyridine rings is 1. The van der Waals surface area contributed by atoms with Crippen LogP contribution in [-0.4, -0.2) is 57.6 Å². The lowest BCUT2D eigenvalue weighted by atomic mass is 9.91. The molecule has 0 spiro atoms. The first-order valence-electron chi connectivity index (χ1n) is 12.9. The number of aromatic nitrogens is 3. The van der Waals surface area contributed by atoms with Gasteiger partial charge in [0.05, 0.1) is 35.1 Å². The number of alkyl halides is 2. The van der Waals surface area contributed by atoms with Crippen molar-refractivity contribution in [3.63, 3.8) is 0 Å². The lowest BCUT2D eigenvalue weighted by Crippen LogP contribution is -2.51. The SMILES string of the molecule is Cn1cnc(-c2ccc(F)cc2)c1-c1ccc2ncc(N3CCN(C4CCC(F)(F)CC4)CC3)cc2c1. The second-order valence-electron chi connectivity index (χ2n) is 10.3. The van der Waals surface area contributed by atoms with Crippen molar-refractivity contribution in [2.75, 3.05) is 31.1 Å².